The summed E-state index contributed by atoms with van der Waals surface area (Å²) in [5, 5.41) is 3.06. The Morgan fingerprint density at radius 3 is 2.45 bits per heavy atom. The van der Waals surface area contributed by atoms with Crippen LogP contribution in [0, 0.1) is 5.82 Å². The van der Waals surface area contributed by atoms with Gasteiger partial charge in [-0.2, -0.15) is 0 Å². The number of rotatable bonds is 9. The van der Waals surface area contributed by atoms with E-state index in [2.05, 4.69) is 5.32 Å². The van der Waals surface area contributed by atoms with Gasteiger partial charge in [0.05, 0.1) is 12.5 Å². The van der Waals surface area contributed by atoms with Crippen molar-refractivity contribution in [3.05, 3.63) is 66.0 Å². The lowest BCUT2D eigenvalue weighted by Crippen LogP contribution is -2.47. The predicted octanol–water partition coefficient (Wildman–Crippen LogP) is 4.29. The molecule has 1 saturated heterocycles. The molecule has 1 N–H and O–H groups in total. The summed E-state index contributed by atoms with van der Waals surface area (Å²) in [5.41, 5.74) is 1.06. The summed E-state index contributed by atoms with van der Waals surface area (Å²) in [5.74, 6) is -0.158. The molecule has 2 amide bonds. The van der Waals surface area contributed by atoms with E-state index in [0.717, 1.165) is 24.8 Å². The average molecular weight is 427 g/mol. The second kappa shape index (κ2) is 11.5. The van der Waals surface area contributed by atoms with E-state index in [4.69, 9.17) is 4.74 Å². The van der Waals surface area contributed by atoms with Crippen LogP contribution in [0.3, 0.4) is 0 Å². The van der Waals surface area contributed by atoms with Gasteiger partial charge in [-0.3, -0.25) is 9.59 Å². The number of para-hydroxylation sites is 1. The number of hydrogen-bond donors (Lipinski definition) is 1. The maximum atomic E-state index is 13.5. The zero-order chi connectivity index (χ0) is 22.1. The van der Waals surface area contributed by atoms with Crippen molar-refractivity contribution in [2.45, 2.75) is 51.0 Å². The number of likely N-dealkylation sites (tertiary alicyclic amines) is 1. The lowest BCUT2D eigenvalue weighted by atomic mass is 9.93. The highest BCUT2D eigenvalue weighted by atomic mass is 19.1. The van der Waals surface area contributed by atoms with Gasteiger partial charge in [-0.15, -0.1) is 0 Å². The molecule has 1 heterocycles. The number of carbonyl (C=O) groups excluding carboxylic acids is 2. The summed E-state index contributed by atoms with van der Waals surface area (Å²) in [6.07, 6.45) is 3.14. The van der Waals surface area contributed by atoms with Crippen molar-refractivity contribution in [3.63, 3.8) is 0 Å². The second-order valence-electron chi connectivity index (χ2n) is 7.92. The second-order valence-corrected chi connectivity index (χ2v) is 7.92. The fourth-order valence-corrected chi connectivity index (χ4v) is 3.98. The number of nitrogens with zero attached hydrogens (tertiary/aromatic N) is 1. The van der Waals surface area contributed by atoms with Crippen LogP contribution in [0.5, 0.6) is 5.75 Å². The number of nitrogens with one attached hydrogen (secondary N) is 1. The number of piperidine rings is 1. The van der Waals surface area contributed by atoms with Crippen LogP contribution in [0.1, 0.15) is 50.5 Å². The zero-order valence-electron chi connectivity index (χ0n) is 18.1. The molecule has 0 aromatic heterocycles. The fourth-order valence-electron chi connectivity index (χ4n) is 3.98. The molecule has 5 nitrogen and oxygen atoms in total. The molecule has 0 spiro atoms. The highest BCUT2D eigenvalue weighted by Gasteiger charge is 2.28. The van der Waals surface area contributed by atoms with Gasteiger partial charge in [0.15, 0.2) is 11.6 Å². The van der Waals surface area contributed by atoms with Crippen LogP contribution >= 0.6 is 0 Å². The van der Waals surface area contributed by atoms with Gasteiger partial charge in [0.25, 0.3) is 0 Å². The smallest absolute Gasteiger partial charge is 0.230 e. The van der Waals surface area contributed by atoms with E-state index in [0.29, 0.717) is 32.5 Å². The summed E-state index contributed by atoms with van der Waals surface area (Å²) in [7, 11) is 0. The van der Waals surface area contributed by atoms with Crippen molar-refractivity contribution in [1.82, 2.24) is 10.2 Å². The Hall–Kier alpha value is -2.89. The number of hydrogen-bond acceptors (Lipinski definition) is 3. The molecule has 0 aliphatic carbocycles. The van der Waals surface area contributed by atoms with Crippen molar-refractivity contribution >= 4 is 11.8 Å². The quantitative estimate of drug-likeness (QED) is 0.609. The molecular formula is C25H31FN2O3. The highest BCUT2D eigenvalue weighted by molar-refractivity contribution is 5.84. The van der Waals surface area contributed by atoms with Crippen molar-refractivity contribution < 1.29 is 18.7 Å². The Labute approximate surface area is 183 Å². The normalized spacial score (nSPS) is 15.4. The molecule has 1 aliphatic heterocycles. The van der Waals surface area contributed by atoms with Crippen LogP contribution < -0.4 is 10.1 Å². The lowest BCUT2D eigenvalue weighted by molar-refractivity contribution is -0.134. The zero-order valence-corrected chi connectivity index (χ0v) is 18.1. The number of carbonyl (C=O) groups is 2. The molecule has 1 unspecified atom stereocenters. The number of amides is 2. The van der Waals surface area contributed by atoms with E-state index in [1.807, 2.05) is 42.2 Å². The van der Waals surface area contributed by atoms with Gasteiger partial charge in [-0.05, 0) is 43.4 Å². The van der Waals surface area contributed by atoms with Crippen molar-refractivity contribution in [2.24, 2.45) is 0 Å². The molecule has 2 aromatic rings. The Balaban J connectivity index is 1.37. The summed E-state index contributed by atoms with van der Waals surface area (Å²) < 4.78 is 18.9. The minimum absolute atomic E-state index is 0.0300. The van der Waals surface area contributed by atoms with Gasteiger partial charge in [0, 0.05) is 25.6 Å². The molecule has 1 aliphatic rings. The first kappa shape index (κ1) is 22.8. The van der Waals surface area contributed by atoms with E-state index < -0.39 is 5.82 Å². The first-order chi connectivity index (χ1) is 15.1. The molecular weight excluding hydrogens is 395 g/mol. The predicted molar refractivity (Wildman–Crippen MR) is 118 cm³/mol. The van der Waals surface area contributed by atoms with E-state index in [9.17, 15) is 14.0 Å². The molecule has 1 fully saturated rings. The molecule has 31 heavy (non-hydrogen) atoms. The Morgan fingerprint density at radius 2 is 1.77 bits per heavy atom. The SMILES string of the molecule is CCC(C(=O)N1CCC(NC(=O)CCCOc2ccccc2F)CC1)c1ccccc1. The largest absolute Gasteiger partial charge is 0.491 e. The summed E-state index contributed by atoms with van der Waals surface area (Å²) in [6, 6.07) is 16.2. The van der Waals surface area contributed by atoms with Gasteiger partial charge in [0.1, 0.15) is 0 Å². The van der Waals surface area contributed by atoms with Gasteiger partial charge in [0.2, 0.25) is 11.8 Å². The number of halogens is 1. The lowest BCUT2D eigenvalue weighted by Gasteiger charge is -2.34. The third-order valence-corrected chi connectivity index (χ3v) is 5.72. The van der Waals surface area contributed by atoms with Gasteiger partial charge in [-0.1, -0.05) is 49.4 Å². The first-order valence-corrected chi connectivity index (χ1v) is 11.1. The van der Waals surface area contributed by atoms with Crippen LogP contribution in [0.4, 0.5) is 4.39 Å². The maximum absolute atomic E-state index is 13.5. The van der Waals surface area contributed by atoms with E-state index in [-0.39, 0.29) is 29.5 Å². The number of benzene rings is 2. The molecule has 1 atom stereocenters. The van der Waals surface area contributed by atoms with Crippen LogP contribution in [0.15, 0.2) is 54.6 Å². The van der Waals surface area contributed by atoms with Crippen LogP contribution in [-0.2, 0) is 9.59 Å². The summed E-state index contributed by atoms with van der Waals surface area (Å²) >= 11 is 0. The van der Waals surface area contributed by atoms with Crippen molar-refractivity contribution in [1.29, 1.82) is 0 Å². The standard InChI is InChI=1S/C25H31FN2O3/c1-2-21(19-9-4-3-5-10-19)25(30)28-16-14-20(15-17-28)27-24(29)13-8-18-31-23-12-7-6-11-22(23)26/h3-7,9-12,20-21H,2,8,13-18H2,1H3,(H,27,29). The molecule has 3 rings (SSSR count). The molecule has 0 radical (unpaired) electrons. The Morgan fingerprint density at radius 1 is 1.10 bits per heavy atom. The fraction of sp³-hybridized carbons (Fsp3) is 0.440. The van der Waals surface area contributed by atoms with Crippen molar-refractivity contribution in [3.8, 4) is 5.75 Å². The first-order valence-electron chi connectivity index (χ1n) is 11.1. The van der Waals surface area contributed by atoms with E-state index >= 15 is 0 Å². The Kier molecular flexibility index (Phi) is 8.44. The molecule has 2 aromatic carbocycles. The molecule has 6 heteroatoms. The third-order valence-electron chi connectivity index (χ3n) is 5.72. The summed E-state index contributed by atoms with van der Waals surface area (Å²) in [6.45, 7) is 3.64. The van der Waals surface area contributed by atoms with Gasteiger partial charge in [-0.25, -0.2) is 4.39 Å². The van der Waals surface area contributed by atoms with Crippen molar-refractivity contribution in [2.75, 3.05) is 19.7 Å². The van der Waals surface area contributed by atoms with Crippen LogP contribution in [0.2, 0.25) is 0 Å². The molecule has 0 saturated carbocycles. The topological polar surface area (TPSA) is 58.6 Å². The van der Waals surface area contributed by atoms with Crippen LogP contribution in [-0.4, -0.2) is 42.5 Å². The van der Waals surface area contributed by atoms with E-state index in [1.165, 1.54) is 6.07 Å². The Bertz CT molecular complexity index is 851. The monoisotopic (exact) mass is 426 g/mol. The minimum Gasteiger partial charge on any atom is -0.491 e. The maximum Gasteiger partial charge on any atom is 0.230 e. The molecule has 0 bridgehead atoms. The average Bonchev–Trinajstić information content (AvgIpc) is 2.79. The minimum atomic E-state index is -0.397. The summed E-state index contributed by atoms with van der Waals surface area (Å²) in [4.78, 5) is 27.1. The highest BCUT2D eigenvalue weighted by Crippen LogP contribution is 2.24. The number of ether oxygens (including phenoxy) is 1. The van der Waals surface area contributed by atoms with E-state index in [1.54, 1.807) is 18.2 Å². The molecule has 166 valence electrons. The van der Waals surface area contributed by atoms with Gasteiger partial charge < -0.3 is 15.0 Å². The third kappa shape index (κ3) is 6.54. The van der Waals surface area contributed by atoms with Crippen LogP contribution in [0.25, 0.3) is 0 Å². The van der Waals surface area contributed by atoms with Gasteiger partial charge >= 0.3 is 0 Å².